The predicted octanol–water partition coefficient (Wildman–Crippen LogP) is 2.49. The van der Waals surface area contributed by atoms with Crippen LogP contribution in [-0.2, 0) is 28.7 Å². The Kier molecular flexibility index (Phi) is 12.2. The van der Waals surface area contributed by atoms with E-state index in [2.05, 4.69) is 15.4 Å². The Morgan fingerprint density at radius 1 is 0.966 bits per heavy atom. The Hall–Kier alpha value is -2.12. The lowest BCUT2D eigenvalue weighted by molar-refractivity contribution is -0.159. The molecule has 2 atom stereocenters. The van der Waals surface area contributed by atoms with Gasteiger partial charge in [-0.2, -0.15) is 0 Å². The summed E-state index contributed by atoms with van der Waals surface area (Å²) in [5, 5.41) is 5.39. The standard InChI is InChI=1S/C21H38N2O6/c1-8-9-10-11-16(24)23-18(14(2)3)19(26)22-15(12-13-17(25)28-7)20(27)29-21(4,5)6/h14-15,18H,8-13H2,1-7H3,(H,22,26)(H,23,24). The highest BCUT2D eigenvalue weighted by molar-refractivity contribution is 5.91. The highest BCUT2D eigenvalue weighted by atomic mass is 16.6. The summed E-state index contributed by atoms with van der Waals surface area (Å²) in [6.45, 7) is 10.8. The number of hydrogen-bond donors (Lipinski definition) is 2. The number of carbonyl (C=O) groups excluding carboxylic acids is 4. The number of ether oxygens (including phenoxy) is 2. The van der Waals surface area contributed by atoms with Gasteiger partial charge in [-0.15, -0.1) is 0 Å². The molecule has 2 unspecified atom stereocenters. The molecule has 29 heavy (non-hydrogen) atoms. The fourth-order valence-electron chi connectivity index (χ4n) is 2.56. The van der Waals surface area contributed by atoms with Gasteiger partial charge in [0.15, 0.2) is 0 Å². The smallest absolute Gasteiger partial charge is 0.329 e. The lowest BCUT2D eigenvalue weighted by atomic mass is 10.0. The zero-order chi connectivity index (χ0) is 22.6. The lowest BCUT2D eigenvalue weighted by Gasteiger charge is -2.27. The summed E-state index contributed by atoms with van der Waals surface area (Å²) in [5.74, 6) is -1.98. The highest BCUT2D eigenvalue weighted by Crippen LogP contribution is 2.12. The van der Waals surface area contributed by atoms with Gasteiger partial charge in [0.25, 0.3) is 0 Å². The summed E-state index contributed by atoms with van der Waals surface area (Å²) in [6, 6.07) is -1.80. The fraction of sp³-hybridized carbons (Fsp3) is 0.810. The van der Waals surface area contributed by atoms with Crippen molar-refractivity contribution in [3.63, 3.8) is 0 Å². The van der Waals surface area contributed by atoms with Crippen molar-refractivity contribution in [2.24, 2.45) is 5.92 Å². The van der Waals surface area contributed by atoms with Gasteiger partial charge >= 0.3 is 11.9 Å². The van der Waals surface area contributed by atoms with E-state index in [1.807, 2.05) is 20.8 Å². The number of nitrogens with one attached hydrogen (secondary N) is 2. The molecule has 8 nitrogen and oxygen atoms in total. The number of carbonyl (C=O) groups is 4. The molecule has 0 aliphatic carbocycles. The molecule has 0 aliphatic rings. The first-order valence-electron chi connectivity index (χ1n) is 10.3. The first-order valence-corrected chi connectivity index (χ1v) is 10.3. The van der Waals surface area contributed by atoms with E-state index in [0.717, 1.165) is 19.3 Å². The summed E-state index contributed by atoms with van der Waals surface area (Å²) in [6.07, 6.45) is 3.05. The minimum absolute atomic E-state index is 0.0442. The third-order valence-corrected chi connectivity index (χ3v) is 4.15. The predicted molar refractivity (Wildman–Crippen MR) is 110 cm³/mol. The van der Waals surface area contributed by atoms with Crippen molar-refractivity contribution >= 4 is 23.8 Å². The molecule has 0 fully saturated rings. The summed E-state index contributed by atoms with van der Waals surface area (Å²) >= 11 is 0. The van der Waals surface area contributed by atoms with Crippen molar-refractivity contribution in [1.29, 1.82) is 0 Å². The molecule has 0 spiro atoms. The van der Waals surface area contributed by atoms with E-state index in [-0.39, 0.29) is 24.7 Å². The van der Waals surface area contributed by atoms with Gasteiger partial charge in [-0.3, -0.25) is 14.4 Å². The van der Waals surface area contributed by atoms with E-state index < -0.39 is 35.5 Å². The Labute approximate surface area is 174 Å². The maximum Gasteiger partial charge on any atom is 0.329 e. The van der Waals surface area contributed by atoms with Crippen LogP contribution < -0.4 is 10.6 Å². The zero-order valence-electron chi connectivity index (χ0n) is 18.9. The molecule has 0 saturated carbocycles. The molecule has 0 aromatic rings. The molecule has 0 aromatic heterocycles. The van der Waals surface area contributed by atoms with Crippen LogP contribution in [0.2, 0.25) is 0 Å². The van der Waals surface area contributed by atoms with Gasteiger partial charge in [-0.1, -0.05) is 33.6 Å². The van der Waals surface area contributed by atoms with Gasteiger partial charge in [0.1, 0.15) is 17.7 Å². The second-order valence-electron chi connectivity index (χ2n) is 8.46. The second kappa shape index (κ2) is 13.2. The SMILES string of the molecule is CCCCCC(=O)NC(C(=O)NC(CCC(=O)OC)C(=O)OC(C)(C)C)C(C)C. The van der Waals surface area contributed by atoms with E-state index in [1.165, 1.54) is 7.11 Å². The molecule has 8 heteroatoms. The normalized spacial score (nSPS) is 13.4. The number of esters is 2. The first-order chi connectivity index (χ1) is 13.4. The average molecular weight is 415 g/mol. The maximum absolute atomic E-state index is 12.8. The van der Waals surface area contributed by atoms with Gasteiger partial charge in [0.05, 0.1) is 7.11 Å². The topological polar surface area (TPSA) is 111 Å². The highest BCUT2D eigenvalue weighted by Gasteiger charge is 2.31. The van der Waals surface area contributed by atoms with Crippen LogP contribution in [-0.4, -0.2) is 48.5 Å². The summed E-state index contributed by atoms with van der Waals surface area (Å²) in [5.41, 5.74) is -0.740. The van der Waals surface area contributed by atoms with E-state index >= 15 is 0 Å². The van der Waals surface area contributed by atoms with Gasteiger partial charge in [0, 0.05) is 12.8 Å². The number of hydrogen-bond acceptors (Lipinski definition) is 6. The molecule has 0 rings (SSSR count). The zero-order valence-corrected chi connectivity index (χ0v) is 18.9. The Bertz CT molecular complexity index is 554. The monoisotopic (exact) mass is 414 g/mol. The van der Waals surface area contributed by atoms with E-state index in [1.54, 1.807) is 20.8 Å². The third kappa shape index (κ3) is 12.1. The summed E-state index contributed by atoms with van der Waals surface area (Å²) < 4.78 is 9.97. The molecule has 0 saturated heterocycles. The van der Waals surface area contributed by atoms with Crippen molar-refractivity contribution < 1.29 is 28.7 Å². The van der Waals surface area contributed by atoms with Crippen molar-refractivity contribution in [3.05, 3.63) is 0 Å². The average Bonchev–Trinajstić information content (AvgIpc) is 2.60. The molecule has 2 N–H and O–H groups in total. The molecule has 0 radical (unpaired) electrons. The van der Waals surface area contributed by atoms with E-state index in [4.69, 9.17) is 4.74 Å². The molecular formula is C21H38N2O6. The Balaban J connectivity index is 5.16. The van der Waals surface area contributed by atoms with Gasteiger partial charge in [-0.05, 0) is 39.5 Å². The van der Waals surface area contributed by atoms with Crippen molar-refractivity contribution in [2.75, 3.05) is 7.11 Å². The summed E-state index contributed by atoms with van der Waals surface area (Å²) in [7, 11) is 1.26. The van der Waals surface area contributed by atoms with Gasteiger partial charge < -0.3 is 20.1 Å². The molecule has 0 aromatic carbocycles. The van der Waals surface area contributed by atoms with Crippen LogP contribution in [0.5, 0.6) is 0 Å². The van der Waals surface area contributed by atoms with Crippen LogP contribution in [0.3, 0.4) is 0 Å². The van der Waals surface area contributed by atoms with Crippen LogP contribution in [0.4, 0.5) is 0 Å². The van der Waals surface area contributed by atoms with Crippen LogP contribution in [0.25, 0.3) is 0 Å². The van der Waals surface area contributed by atoms with Gasteiger partial charge in [0.2, 0.25) is 11.8 Å². The third-order valence-electron chi connectivity index (χ3n) is 4.15. The van der Waals surface area contributed by atoms with Crippen LogP contribution in [0, 0.1) is 5.92 Å². The number of methoxy groups -OCH3 is 1. The van der Waals surface area contributed by atoms with Crippen molar-refractivity contribution in [1.82, 2.24) is 10.6 Å². The quantitative estimate of drug-likeness (QED) is 0.375. The van der Waals surface area contributed by atoms with Crippen LogP contribution >= 0.6 is 0 Å². The number of unbranched alkanes of at least 4 members (excludes halogenated alkanes) is 2. The molecule has 2 amide bonds. The maximum atomic E-state index is 12.8. The van der Waals surface area contributed by atoms with Crippen molar-refractivity contribution in [3.8, 4) is 0 Å². The van der Waals surface area contributed by atoms with Crippen LogP contribution in [0.15, 0.2) is 0 Å². The van der Waals surface area contributed by atoms with E-state index in [9.17, 15) is 19.2 Å². The fourth-order valence-corrected chi connectivity index (χ4v) is 2.56. The first kappa shape index (κ1) is 26.9. The van der Waals surface area contributed by atoms with E-state index in [0.29, 0.717) is 6.42 Å². The minimum Gasteiger partial charge on any atom is -0.469 e. The lowest BCUT2D eigenvalue weighted by Crippen LogP contribution is -2.54. The van der Waals surface area contributed by atoms with Crippen LogP contribution in [0.1, 0.15) is 80.1 Å². The second-order valence-corrected chi connectivity index (χ2v) is 8.46. The van der Waals surface area contributed by atoms with Gasteiger partial charge in [-0.25, -0.2) is 4.79 Å². The van der Waals surface area contributed by atoms with Crippen molar-refractivity contribution in [2.45, 2.75) is 97.8 Å². The summed E-state index contributed by atoms with van der Waals surface area (Å²) in [4.78, 5) is 48.9. The number of amides is 2. The largest absolute Gasteiger partial charge is 0.469 e. The Morgan fingerprint density at radius 3 is 2.07 bits per heavy atom. The molecule has 0 heterocycles. The molecule has 0 bridgehead atoms. The Morgan fingerprint density at radius 2 is 1.59 bits per heavy atom. The molecule has 168 valence electrons. The molecular weight excluding hydrogens is 376 g/mol. The number of rotatable bonds is 12. The minimum atomic E-state index is -1.01. The molecule has 0 aliphatic heterocycles.